The summed E-state index contributed by atoms with van der Waals surface area (Å²) >= 11 is 0. The molecular weight excluding hydrogens is 526 g/mol. The van der Waals surface area contributed by atoms with Crippen LogP contribution in [0.3, 0.4) is 0 Å². The van der Waals surface area contributed by atoms with Gasteiger partial charge >= 0.3 is 0 Å². The van der Waals surface area contributed by atoms with E-state index in [0.29, 0.717) is 24.4 Å². The Morgan fingerprint density at radius 1 is 1.12 bits per heavy atom. The molecule has 0 saturated carbocycles. The Hall–Kier alpha value is -3.27. The number of nitrogens with zero attached hydrogens (tertiary/aromatic N) is 4. The first-order valence-corrected chi connectivity index (χ1v) is 14.2. The second-order valence-corrected chi connectivity index (χ2v) is 12.2. The normalized spacial score (nSPS) is 17.6. The number of fused-ring (bicyclic) bond motifs is 2. The molecule has 1 amide bonds. The molecular formula is C32H38F2N4O3. The Balaban J connectivity index is 1.36. The lowest BCUT2D eigenvalue weighted by atomic mass is 9.84. The van der Waals surface area contributed by atoms with Crippen molar-refractivity contribution in [1.82, 2.24) is 19.8 Å². The van der Waals surface area contributed by atoms with E-state index in [2.05, 4.69) is 9.88 Å². The number of ether oxygens (including phenoxy) is 1. The quantitative estimate of drug-likeness (QED) is 0.409. The monoisotopic (exact) mass is 564 g/mol. The van der Waals surface area contributed by atoms with Crippen LogP contribution in [0.5, 0.6) is 0 Å². The largest absolute Gasteiger partial charge is 0.389 e. The third-order valence-corrected chi connectivity index (χ3v) is 8.01. The SMILES string of the molecule is CC(C)C(=O)N(CC(C)(C)O)C(c1ccc(F)c(F)c1)c1ccc(CN2CCC3(CC2)OCc2ccncc23)cn1. The molecule has 5 rings (SSSR count). The zero-order valence-electron chi connectivity index (χ0n) is 24.1. The molecule has 2 aliphatic heterocycles. The van der Waals surface area contributed by atoms with E-state index in [-0.39, 0.29) is 24.0 Å². The molecule has 1 aromatic carbocycles. The third kappa shape index (κ3) is 6.32. The summed E-state index contributed by atoms with van der Waals surface area (Å²) in [6, 6.07) is 8.65. The molecule has 1 atom stereocenters. The van der Waals surface area contributed by atoms with E-state index < -0.39 is 23.3 Å². The number of pyridine rings is 2. The maximum atomic E-state index is 14.4. The molecule has 1 fully saturated rings. The van der Waals surface area contributed by atoms with Gasteiger partial charge in [0.1, 0.15) is 0 Å². The van der Waals surface area contributed by atoms with Crippen molar-refractivity contribution in [2.24, 2.45) is 5.92 Å². The Bertz CT molecular complexity index is 1380. The number of rotatable bonds is 8. The number of piperidine rings is 1. The van der Waals surface area contributed by atoms with Crippen LogP contribution in [0, 0.1) is 17.6 Å². The van der Waals surface area contributed by atoms with E-state index in [1.165, 1.54) is 22.1 Å². The predicted octanol–water partition coefficient (Wildman–Crippen LogP) is 5.12. The summed E-state index contributed by atoms with van der Waals surface area (Å²) in [6.07, 6.45) is 7.30. The van der Waals surface area contributed by atoms with Gasteiger partial charge in [-0.2, -0.15) is 0 Å². The van der Waals surface area contributed by atoms with Crippen LogP contribution in [0.1, 0.15) is 74.5 Å². The van der Waals surface area contributed by atoms with Crippen molar-refractivity contribution in [3.63, 3.8) is 0 Å². The molecule has 0 bridgehead atoms. The highest BCUT2D eigenvalue weighted by molar-refractivity contribution is 5.79. The number of amides is 1. The first kappa shape index (κ1) is 29.2. The molecule has 2 aliphatic rings. The fourth-order valence-electron chi connectivity index (χ4n) is 5.93. The molecule has 41 heavy (non-hydrogen) atoms. The predicted molar refractivity (Wildman–Crippen MR) is 151 cm³/mol. The van der Waals surface area contributed by atoms with Gasteiger partial charge in [-0.1, -0.05) is 26.0 Å². The zero-order chi connectivity index (χ0) is 29.4. The third-order valence-electron chi connectivity index (χ3n) is 8.01. The first-order chi connectivity index (χ1) is 19.5. The Kier molecular flexibility index (Phi) is 8.23. The molecule has 1 spiro atoms. The zero-order valence-corrected chi connectivity index (χ0v) is 24.1. The van der Waals surface area contributed by atoms with Gasteiger partial charge in [0.2, 0.25) is 5.91 Å². The van der Waals surface area contributed by atoms with Gasteiger partial charge in [-0.15, -0.1) is 0 Å². The standard InChI is InChI=1S/C32H38F2N4O3/c1-21(2)30(39)38(20-31(3,4)40)29(23-6-7-26(33)27(34)15-23)28-8-5-22(16-36-28)18-37-13-10-32(11-14-37)25-17-35-12-9-24(25)19-41-32/h5-9,12,15-17,21,29,40H,10-11,13-14,18-20H2,1-4H3. The summed E-state index contributed by atoms with van der Waals surface area (Å²) < 4.78 is 34.5. The van der Waals surface area contributed by atoms with E-state index >= 15 is 0 Å². The van der Waals surface area contributed by atoms with Crippen molar-refractivity contribution in [2.45, 2.75) is 70.9 Å². The number of halogens is 2. The van der Waals surface area contributed by atoms with Gasteiger partial charge in [0.05, 0.1) is 29.5 Å². The van der Waals surface area contributed by atoms with Crippen molar-refractivity contribution >= 4 is 5.91 Å². The van der Waals surface area contributed by atoms with Crippen LogP contribution in [-0.2, 0) is 28.3 Å². The van der Waals surface area contributed by atoms with E-state index in [1.54, 1.807) is 33.9 Å². The van der Waals surface area contributed by atoms with Crippen LogP contribution in [0.15, 0.2) is 55.0 Å². The van der Waals surface area contributed by atoms with Crippen LogP contribution in [0.25, 0.3) is 0 Å². The Labute approximate surface area is 240 Å². The molecule has 1 saturated heterocycles. The minimum Gasteiger partial charge on any atom is -0.389 e. The fraction of sp³-hybridized carbons (Fsp3) is 0.469. The van der Waals surface area contributed by atoms with Crippen LogP contribution in [-0.4, -0.2) is 56.0 Å². The highest BCUT2D eigenvalue weighted by Crippen LogP contribution is 2.43. The van der Waals surface area contributed by atoms with Gasteiger partial charge in [0, 0.05) is 56.3 Å². The molecule has 0 radical (unpaired) electrons. The number of hydrogen-bond donors (Lipinski definition) is 1. The minimum absolute atomic E-state index is 0.00659. The Morgan fingerprint density at radius 3 is 2.51 bits per heavy atom. The van der Waals surface area contributed by atoms with Crippen LogP contribution in [0.2, 0.25) is 0 Å². The summed E-state index contributed by atoms with van der Waals surface area (Å²) in [5, 5.41) is 10.7. The van der Waals surface area contributed by atoms with E-state index in [4.69, 9.17) is 9.72 Å². The van der Waals surface area contributed by atoms with Gasteiger partial charge in [-0.05, 0) is 67.6 Å². The van der Waals surface area contributed by atoms with Gasteiger partial charge in [0.15, 0.2) is 11.6 Å². The van der Waals surface area contributed by atoms with Crippen molar-refractivity contribution in [3.05, 3.63) is 94.6 Å². The minimum atomic E-state index is -1.22. The fourth-order valence-corrected chi connectivity index (χ4v) is 5.93. The highest BCUT2D eigenvalue weighted by atomic mass is 19.2. The van der Waals surface area contributed by atoms with Crippen molar-refractivity contribution in [1.29, 1.82) is 0 Å². The maximum Gasteiger partial charge on any atom is 0.226 e. The molecule has 0 aliphatic carbocycles. The molecule has 218 valence electrons. The summed E-state index contributed by atoms with van der Waals surface area (Å²) in [5.41, 5.74) is 2.86. The average molecular weight is 565 g/mol. The van der Waals surface area contributed by atoms with Crippen LogP contribution in [0.4, 0.5) is 8.78 Å². The molecule has 7 nitrogen and oxygen atoms in total. The highest BCUT2D eigenvalue weighted by Gasteiger charge is 2.42. The number of aliphatic hydroxyl groups is 1. The second-order valence-electron chi connectivity index (χ2n) is 12.2. The summed E-state index contributed by atoms with van der Waals surface area (Å²) in [5.74, 6) is -2.57. The van der Waals surface area contributed by atoms with E-state index in [0.717, 1.165) is 43.6 Å². The molecule has 4 heterocycles. The number of aromatic nitrogens is 2. The lowest BCUT2D eigenvalue weighted by molar-refractivity contribution is -0.139. The number of carbonyl (C=O) groups is 1. The lowest BCUT2D eigenvalue weighted by Gasteiger charge is -2.39. The molecule has 1 N–H and O–H groups in total. The molecule has 3 aromatic rings. The molecule has 1 unspecified atom stereocenters. The average Bonchev–Trinajstić information content (AvgIpc) is 3.29. The van der Waals surface area contributed by atoms with Crippen LogP contribution >= 0.6 is 0 Å². The van der Waals surface area contributed by atoms with Gasteiger partial charge < -0.3 is 14.7 Å². The van der Waals surface area contributed by atoms with Crippen molar-refractivity contribution < 1.29 is 23.4 Å². The van der Waals surface area contributed by atoms with Crippen molar-refractivity contribution in [3.8, 4) is 0 Å². The summed E-state index contributed by atoms with van der Waals surface area (Å²) in [7, 11) is 0. The maximum absolute atomic E-state index is 14.4. The topological polar surface area (TPSA) is 78.8 Å². The lowest BCUT2D eigenvalue weighted by Crippen LogP contribution is -2.46. The first-order valence-electron chi connectivity index (χ1n) is 14.2. The van der Waals surface area contributed by atoms with Gasteiger partial charge in [0.25, 0.3) is 0 Å². The van der Waals surface area contributed by atoms with Gasteiger partial charge in [-0.3, -0.25) is 19.7 Å². The smallest absolute Gasteiger partial charge is 0.226 e. The van der Waals surface area contributed by atoms with Gasteiger partial charge in [-0.25, -0.2) is 8.78 Å². The van der Waals surface area contributed by atoms with Crippen LogP contribution < -0.4 is 0 Å². The summed E-state index contributed by atoms with van der Waals surface area (Å²) in [4.78, 5) is 26.3. The number of hydrogen-bond acceptors (Lipinski definition) is 6. The van der Waals surface area contributed by atoms with E-state index in [1.807, 2.05) is 30.6 Å². The summed E-state index contributed by atoms with van der Waals surface area (Å²) in [6.45, 7) is 9.84. The number of likely N-dealkylation sites (tertiary alicyclic amines) is 1. The second kappa shape index (κ2) is 11.5. The number of benzene rings is 1. The van der Waals surface area contributed by atoms with Crippen molar-refractivity contribution in [2.75, 3.05) is 19.6 Å². The Morgan fingerprint density at radius 2 is 1.88 bits per heavy atom. The molecule has 2 aromatic heterocycles. The molecule has 9 heteroatoms. The number of carbonyl (C=O) groups excluding carboxylic acids is 1. The van der Waals surface area contributed by atoms with E-state index in [9.17, 15) is 18.7 Å².